The highest BCUT2D eigenvalue weighted by atomic mass is 32.2. The molecule has 5 heteroatoms. The van der Waals surface area contributed by atoms with E-state index in [1.54, 1.807) is 12.1 Å². The Balaban J connectivity index is 1.98. The van der Waals surface area contributed by atoms with E-state index in [1.807, 2.05) is 24.3 Å². The lowest BCUT2D eigenvalue weighted by atomic mass is 9.94. The molecule has 0 amide bonds. The highest BCUT2D eigenvalue weighted by Gasteiger charge is 2.28. The van der Waals surface area contributed by atoms with Crippen molar-refractivity contribution in [2.24, 2.45) is 0 Å². The third-order valence-corrected chi connectivity index (χ3v) is 4.41. The summed E-state index contributed by atoms with van der Waals surface area (Å²) < 4.78 is 0. The van der Waals surface area contributed by atoms with Gasteiger partial charge in [0.25, 0.3) is 0 Å². The monoisotopic (exact) mass is 314 g/mol. The maximum absolute atomic E-state index is 12.4. The summed E-state index contributed by atoms with van der Waals surface area (Å²) in [6.45, 7) is 0. The first-order valence-corrected chi connectivity index (χ1v) is 7.42. The standard InChI is InChI=1S/C16H10O3S2/c17-12-3-1-2-11-13(18)8-14(16(19)15(11)12)21-10-6-4-9(20)5-7-10/h1-8,17,20H. The summed E-state index contributed by atoms with van der Waals surface area (Å²) in [4.78, 5) is 26.5. The predicted molar refractivity (Wildman–Crippen MR) is 84.4 cm³/mol. The zero-order chi connectivity index (χ0) is 15.0. The molecule has 0 radical (unpaired) electrons. The molecule has 21 heavy (non-hydrogen) atoms. The summed E-state index contributed by atoms with van der Waals surface area (Å²) in [5, 5.41) is 9.85. The van der Waals surface area contributed by atoms with E-state index in [0.29, 0.717) is 4.91 Å². The Bertz CT molecular complexity index is 777. The first-order valence-electron chi connectivity index (χ1n) is 6.16. The van der Waals surface area contributed by atoms with Gasteiger partial charge < -0.3 is 5.11 Å². The predicted octanol–water partition coefficient (Wildman–Crippen LogP) is 3.74. The number of thioether (sulfide) groups is 1. The van der Waals surface area contributed by atoms with Crippen LogP contribution in [0.2, 0.25) is 0 Å². The van der Waals surface area contributed by atoms with Crippen LogP contribution in [0.4, 0.5) is 0 Å². The van der Waals surface area contributed by atoms with Gasteiger partial charge in [0.2, 0.25) is 5.78 Å². The molecule has 0 bridgehead atoms. The number of phenols is 1. The van der Waals surface area contributed by atoms with Crippen LogP contribution >= 0.6 is 24.4 Å². The molecule has 0 aliphatic heterocycles. The molecule has 0 saturated carbocycles. The molecule has 0 aromatic heterocycles. The van der Waals surface area contributed by atoms with Gasteiger partial charge in [0.05, 0.1) is 10.5 Å². The summed E-state index contributed by atoms with van der Waals surface area (Å²) in [5.74, 6) is -0.765. The zero-order valence-electron chi connectivity index (χ0n) is 10.7. The van der Waals surface area contributed by atoms with Crippen LogP contribution in [0.15, 0.2) is 63.2 Å². The molecular weight excluding hydrogens is 304 g/mol. The third kappa shape index (κ3) is 2.62. The maximum atomic E-state index is 12.4. The molecule has 0 heterocycles. The minimum Gasteiger partial charge on any atom is -0.507 e. The zero-order valence-corrected chi connectivity index (χ0v) is 12.4. The SMILES string of the molecule is O=C1C=C(Sc2ccc(S)cc2)C(=O)c2c(O)cccc21. The number of aromatic hydroxyl groups is 1. The molecule has 1 aliphatic rings. The lowest BCUT2D eigenvalue weighted by Crippen LogP contribution is -2.15. The molecule has 1 aliphatic carbocycles. The molecule has 0 spiro atoms. The first-order chi connectivity index (χ1) is 10.1. The Kier molecular flexibility index (Phi) is 3.61. The molecule has 0 unspecified atom stereocenters. The molecule has 2 aromatic rings. The van der Waals surface area contributed by atoms with Gasteiger partial charge in [0.1, 0.15) is 5.75 Å². The lowest BCUT2D eigenvalue weighted by Gasteiger charge is -2.15. The molecule has 0 saturated heterocycles. The highest BCUT2D eigenvalue weighted by Crippen LogP contribution is 2.36. The smallest absolute Gasteiger partial charge is 0.204 e. The van der Waals surface area contributed by atoms with Gasteiger partial charge in [-0.25, -0.2) is 0 Å². The number of carbonyl (C=O) groups excluding carboxylic acids is 2. The van der Waals surface area contributed by atoms with Crippen molar-refractivity contribution in [3.63, 3.8) is 0 Å². The third-order valence-electron chi connectivity index (χ3n) is 3.09. The van der Waals surface area contributed by atoms with Gasteiger partial charge in [0, 0.05) is 21.4 Å². The van der Waals surface area contributed by atoms with Crippen LogP contribution in [0.5, 0.6) is 5.75 Å². The number of fused-ring (bicyclic) bond motifs is 1. The molecule has 1 N–H and O–H groups in total. The number of carbonyl (C=O) groups is 2. The van der Waals surface area contributed by atoms with Gasteiger partial charge >= 0.3 is 0 Å². The molecule has 0 atom stereocenters. The second-order valence-electron chi connectivity index (χ2n) is 4.50. The summed E-state index contributed by atoms with van der Waals surface area (Å²) in [6.07, 6.45) is 1.32. The topological polar surface area (TPSA) is 54.4 Å². The summed E-state index contributed by atoms with van der Waals surface area (Å²) in [6, 6.07) is 11.8. The molecule has 3 nitrogen and oxygen atoms in total. The Morgan fingerprint density at radius 1 is 1.00 bits per heavy atom. The lowest BCUT2D eigenvalue weighted by molar-refractivity contribution is 0.0989. The Labute approximate surface area is 131 Å². The van der Waals surface area contributed by atoms with Gasteiger partial charge in [-0.1, -0.05) is 23.9 Å². The van der Waals surface area contributed by atoms with Crippen LogP contribution in [0.1, 0.15) is 20.7 Å². The van der Waals surface area contributed by atoms with E-state index in [0.717, 1.165) is 9.79 Å². The fourth-order valence-electron chi connectivity index (χ4n) is 2.09. The molecule has 2 aromatic carbocycles. The molecule has 0 fully saturated rings. The number of ketones is 2. The second-order valence-corrected chi connectivity index (χ2v) is 6.13. The van der Waals surface area contributed by atoms with E-state index in [-0.39, 0.29) is 28.4 Å². The average molecular weight is 314 g/mol. The van der Waals surface area contributed by atoms with Crippen LogP contribution < -0.4 is 0 Å². The number of hydrogen-bond donors (Lipinski definition) is 2. The van der Waals surface area contributed by atoms with Crippen molar-refractivity contribution in [3.05, 3.63) is 64.6 Å². The van der Waals surface area contributed by atoms with Crippen LogP contribution in [0.25, 0.3) is 0 Å². The fraction of sp³-hybridized carbons (Fsp3) is 0. The maximum Gasteiger partial charge on any atom is 0.204 e. The second kappa shape index (κ2) is 5.42. The van der Waals surface area contributed by atoms with Crippen molar-refractivity contribution in [1.29, 1.82) is 0 Å². The van der Waals surface area contributed by atoms with Crippen molar-refractivity contribution < 1.29 is 14.7 Å². The summed E-state index contributed by atoms with van der Waals surface area (Å²) >= 11 is 5.41. The van der Waals surface area contributed by atoms with Crippen molar-refractivity contribution >= 4 is 36.0 Å². The van der Waals surface area contributed by atoms with Gasteiger partial charge in [0.15, 0.2) is 5.78 Å². The van der Waals surface area contributed by atoms with Crippen molar-refractivity contribution in [2.45, 2.75) is 9.79 Å². The minimum absolute atomic E-state index is 0.0818. The van der Waals surface area contributed by atoms with E-state index in [4.69, 9.17) is 0 Å². The van der Waals surface area contributed by atoms with E-state index in [2.05, 4.69) is 12.6 Å². The van der Waals surface area contributed by atoms with Gasteiger partial charge in [-0.05, 0) is 30.3 Å². The fourth-order valence-corrected chi connectivity index (χ4v) is 3.12. The number of benzene rings is 2. The Morgan fingerprint density at radius 3 is 2.43 bits per heavy atom. The van der Waals surface area contributed by atoms with Crippen molar-refractivity contribution in [1.82, 2.24) is 0 Å². The van der Waals surface area contributed by atoms with Crippen LogP contribution in [0.3, 0.4) is 0 Å². The molecule has 104 valence electrons. The summed E-state index contributed by atoms with van der Waals surface area (Å²) in [5.41, 5.74) is 0.327. The molecule has 3 rings (SSSR count). The van der Waals surface area contributed by atoms with E-state index < -0.39 is 0 Å². The number of Topliss-reactive ketones (excluding diaryl/α,β-unsaturated/α-hetero) is 1. The minimum atomic E-state index is -0.331. The quantitative estimate of drug-likeness (QED) is 0.829. The Hall–Kier alpha value is -1.98. The Morgan fingerprint density at radius 2 is 1.71 bits per heavy atom. The van der Waals surface area contributed by atoms with Crippen molar-refractivity contribution in [2.75, 3.05) is 0 Å². The largest absolute Gasteiger partial charge is 0.507 e. The average Bonchev–Trinajstić information content (AvgIpc) is 2.46. The van der Waals surface area contributed by atoms with Gasteiger partial charge in [-0.15, -0.1) is 12.6 Å². The van der Waals surface area contributed by atoms with Crippen LogP contribution in [-0.4, -0.2) is 16.7 Å². The van der Waals surface area contributed by atoms with E-state index in [1.165, 1.54) is 23.9 Å². The van der Waals surface area contributed by atoms with Gasteiger partial charge in [-0.3, -0.25) is 9.59 Å². The first kappa shape index (κ1) is 14.0. The van der Waals surface area contributed by atoms with E-state index in [9.17, 15) is 14.7 Å². The van der Waals surface area contributed by atoms with Crippen molar-refractivity contribution in [3.8, 4) is 5.75 Å². The van der Waals surface area contributed by atoms with Crippen LogP contribution in [0, 0.1) is 0 Å². The number of thiol groups is 1. The number of hydrogen-bond acceptors (Lipinski definition) is 5. The molecular formula is C16H10O3S2. The van der Waals surface area contributed by atoms with E-state index >= 15 is 0 Å². The number of allylic oxidation sites excluding steroid dienone is 2. The normalized spacial score (nSPS) is 13.9. The van der Waals surface area contributed by atoms with Gasteiger partial charge in [-0.2, -0.15) is 0 Å². The summed E-state index contributed by atoms with van der Waals surface area (Å²) in [7, 11) is 0. The van der Waals surface area contributed by atoms with Crippen LogP contribution in [-0.2, 0) is 0 Å². The number of rotatable bonds is 2. The highest BCUT2D eigenvalue weighted by molar-refractivity contribution is 8.04. The number of phenolic OH excluding ortho intramolecular Hbond substituents is 1.